The van der Waals surface area contributed by atoms with Crippen LogP contribution >= 0.6 is 0 Å². The summed E-state index contributed by atoms with van der Waals surface area (Å²) in [7, 11) is 0. The zero-order chi connectivity index (χ0) is 50.4. The van der Waals surface area contributed by atoms with Crippen LogP contribution in [0.15, 0.2) is 303 Å². The summed E-state index contributed by atoms with van der Waals surface area (Å²) in [5, 5.41) is 7.35. The molecule has 13 aromatic carbocycles. The first-order valence-electron chi connectivity index (χ1n) is 26.2. The average Bonchev–Trinajstić information content (AvgIpc) is 3.86. The van der Waals surface area contributed by atoms with Gasteiger partial charge in [0.1, 0.15) is 0 Å². The molecule has 0 amide bonds. The molecular weight excluding hydrogens is 917 g/mol. The molecule has 0 unspecified atom stereocenters. The predicted molar refractivity (Wildman–Crippen MR) is 323 cm³/mol. The van der Waals surface area contributed by atoms with E-state index in [0.717, 1.165) is 45.0 Å². The first kappa shape index (κ1) is 44.7. The first-order chi connectivity index (χ1) is 37.7. The Kier molecular flexibility index (Phi) is 11.2. The summed E-state index contributed by atoms with van der Waals surface area (Å²) in [6, 6.07) is 111. The Morgan fingerprint density at radius 3 is 1.41 bits per heavy atom. The minimum atomic E-state index is 1.05. The van der Waals surface area contributed by atoms with E-state index in [-0.39, 0.29) is 0 Å². The van der Waals surface area contributed by atoms with Crippen molar-refractivity contribution in [1.82, 2.24) is 4.57 Å². The lowest BCUT2D eigenvalue weighted by atomic mass is 9.89. The molecule has 0 fully saturated rings. The Labute approximate surface area is 443 Å². The van der Waals surface area contributed by atoms with Crippen molar-refractivity contribution in [2.24, 2.45) is 0 Å². The molecule has 14 rings (SSSR count). The molecule has 0 N–H and O–H groups in total. The molecule has 0 spiro atoms. The highest BCUT2D eigenvalue weighted by Crippen LogP contribution is 2.47. The van der Waals surface area contributed by atoms with E-state index in [1.807, 2.05) is 0 Å². The summed E-state index contributed by atoms with van der Waals surface area (Å²) in [4.78, 5) is 2.45. The summed E-state index contributed by atoms with van der Waals surface area (Å²) in [5.41, 5.74) is 20.8. The molecule has 2 nitrogen and oxygen atoms in total. The number of hydrogen-bond donors (Lipinski definition) is 0. The van der Waals surface area contributed by atoms with Crippen LogP contribution in [0.2, 0.25) is 0 Å². The monoisotopic (exact) mass is 966 g/mol. The van der Waals surface area contributed by atoms with Gasteiger partial charge in [-0.3, -0.25) is 0 Å². The van der Waals surface area contributed by atoms with Crippen molar-refractivity contribution in [3.05, 3.63) is 303 Å². The lowest BCUT2D eigenvalue weighted by molar-refractivity contribution is 1.18. The van der Waals surface area contributed by atoms with Gasteiger partial charge in [-0.15, -0.1) is 0 Å². The van der Waals surface area contributed by atoms with E-state index in [0.29, 0.717) is 0 Å². The quantitative estimate of drug-likeness (QED) is 0.133. The van der Waals surface area contributed by atoms with Crippen LogP contribution in [0.3, 0.4) is 0 Å². The molecule has 0 radical (unpaired) electrons. The van der Waals surface area contributed by atoms with Crippen LogP contribution in [0.5, 0.6) is 0 Å². The summed E-state index contributed by atoms with van der Waals surface area (Å²) in [6.07, 6.45) is 0. The minimum Gasteiger partial charge on any atom is -0.310 e. The fourth-order valence-electron chi connectivity index (χ4n) is 11.7. The van der Waals surface area contributed by atoms with Crippen LogP contribution in [0.4, 0.5) is 17.1 Å². The number of para-hydroxylation sites is 3. The molecule has 14 aromatic rings. The molecule has 2 heteroatoms. The first-order valence-corrected chi connectivity index (χ1v) is 26.2. The zero-order valence-corrected chi connectivity index (χ0v) is 41.8. The number of fused-ring (bicyclic) bond motifs is 5. The van der Waals surface area contributed by atoms with Gasteiger partial charge in [-0.25, -0.2) is 0 Å². The van der Waals surface area contributed by atoms with E-state index < -0.39 is 0 Å². The maximum atomic E-state index is 2.48. The second kappa shape index (κ2) is 19.1. The van der Waals surface area contributed by atoms with Gasteiger partial charge in [-0.1, -0.05) is 249 Å². The molecule has 356 valence electrons. The number of hydrogen-bond acceptors (Lipinski definition) is 1. The maximum Gasteiger partial charge on any atom is 0.0547 e. The molecule has 0 atom stereocenters. The number of benzene rings is 13. The lowest BCUT2D eigenvalue weighted by Gasteiger charge is -2.29. The fourth-order valence-corrected chi connectivity index (χ4v) is 11.7. The SMILES string of the molecule is c1ccc(-c2cc(-c3ccc(N(c4cccc(-c5ccc6ccccc6c5-c5ccccc5)c4)c4ccccc4-c4cccc5ccccc45)cc3)c(-n3c4ccccc4c4ccccc43)cc2-c2ccccc2)cc1. The van der Waals surface area contributed by atoms with Gasteiger partial charge in [0.25, 0.3) is 0 Å². The van der Waals surface area contributed by atoms with Crippen LogP contribution in [0, 0.1) is 0 Å². The maximum absolute atomic E-state index is 2.48. The third-order valence-corrected chi connectivity index (χ3v) is 15.2. The van der Waals surface area contributed by atoms with E-state index in [4.69, 9.17) is 0 Å². The topological polar surface area (TPSA) is 8.17 Å². The Hall–Kier alpha value is -10.0. The Morgan fingerprint density at radius 1 is 0.237 bits per heavy atom. The van der Waals surface area contributed by atoms with Gasteiger partial charge in [-0.2, -0.15) is 0 Å². The molecule has 0 saturated carbocycles. The molecule has 1 heterocycles. The zero-order valence-electron chi connectivity index (χ0n) is 41.8. The molecule has 0 saturated heterocycles. The van der Waals surface area contributed by atoms with Crippen LogP contribution in [0.25, 0.3) is 116 Å². The standard InChI is InChI=1S/C74H50N2/c1-4-22-52(23-5-1)67-49-69(73(50-68(67)53-24-6-2-7-25-53)76-71-40-18-15-36-65(71)66-37-16-19-41-72(66)76)55-42-45-58(46-43-55)75(70-39-17-14-35-64(70)63-38-21-30-51-26-10-12-33-60(51)63)59-32-20-31-57(48-59)62-47-44-54-27-11-13-34-61(54)74(62)56-28-8-3-9-29-56/h1-50H. The molecule has 76 heavy (non-hydrogen) atoms. The smallest absolute Gasteiger partial charge is 0.0547 e. The molecule has 0 aliphatic carbocycles. The number of nitrogens with zero attached hydrogens (tertiary/aromatic N) is 2. The molecule has 0 aliphatic heterocycles. The highest BCUT2D eigenvalue weighted by molar-refractivity contribution is 6.11. The molecular formula is C74H50N2. The van der Waals surface area contributed by atoms with Gasteiger partial charge in [0.05, 0.1) is 22.4 Å². The Balaban J connectivity index is 0.996. The highest BCUT2D eigenvalue weighted by atomic mass is 15.1. The lowest BCUT2D eigenvalue weighted by Crippen LogP contribution is -2.11. The average molecular weight is 967 g/mol. The summed E-state index contributed by atoms with van der Waals surface area (Å²) >= 11 is 0. The second-order valence-electron chi connectivity index (χ2n) is 19.6. The minimum absolute atomic E-state index is 1.05. The van der Waals surface area contributed by atoms with Crippen molar-refractivity contribution in [3.8, 4) is 72.4 Å². The van der Waals surface area contributed by atoms with Crippen molar-refractivity contribution in [2.75, 3.05) is 4.90 Å². The van der Waals surface area contributed by atoms with Crippen molar-refractivity contribution in [2.45, 2.75) is 0 Å². The Bertz CT molecular complexity index is 4380. The van der Waals surface area contributed by atoms with Crippen molar-refractivity contribution in [1.29, 1.82) is 0 Å². The van der Waals surface area contributed by atoms with Crippen molar-refractivity contribution in [3.63, 3.8) is 0 Å². The van der Waals surface area contributed by atoms with E-state index in [1.165, 1.54) is 87.9 Å². The number of rotatable bonds is 10. The van der Waals surface area contributed by atoms with E-state index in [2.05, 4.69) is 313 Å². The van der Waals surface area contributed by atoms with Gasteiger partial charge in [0.15, 0.2) is 0 Å². The van der Waals surface area contributed by atoms with Crippen LogP contribution in [-0.2, 0) is 0 Å². The highest BCUT2D eigenvalue weighted by Gasteiger charge is 2.23. The van der Waals surface area contributed by atoms with Crippen LogP contribution in [-0.4, -0.2) is 4.57 Å². The Morgan fingerprint density at radius 2 is 0.724 bits per heavy atom. The van der Waals surface area contributed by atoms with Crippen LogP contribution < -0.4 is 4.90 Å². The third-order valence-electron chi connectivity index (χ3n) is 15.2. The summed E-state index contributed by atoms with van der Waals surface area (Å²) in [5.74, 6) is 0. The summed E-state index contributed by atoms with van der Waals surface area (Å²) in [6.45, 7) is 0. The van der Waals surface area contributed by atoms with Gasteiger partial charge in [0.2, 0.25) is 0 Å². The molecule has 0 aliphatic rings. The van der Waals surface area contributed by atoms with Gasteiger partial charge >= 0.3 is 0 Å². The van der Waals surface area contributed by atoms with E-state index in [9.17, 15) is 0 Å². The van der Waals surface area contributed by atoms with E-state index >= 15 is 0 Å². The molecule has 1 aromatic heterocycles. The second-order valence-corrected chi connectivity index (χ2v) is 19.6. The third kappa shape index (κ3) is 7.83. The van der Waals surface area contributed by atoms with Crippen LogP contribution in [0.1, 0.15) is 0 Å². The van der Waals surface area contributed by atoms with Crippen molar-refractivity contribution < 1.29 is 0 Å². The largest absolute Gasteiger partial charge is 0.310 e. The van der Waals surface area contributed by atoms with Crippen molar-refractivity contribution >= 4 is 60.4 Å². The number of aromatic nitrogens is 1. The van der Waals surface area contributed by atoms with Gasteiger partial charge in [0, 0.05) is 33.3 Å². The summed E-state index contributed by atoms with van der Waals surface area (Å²) < 4.78 is 2.48. The fraction of sp³-hybridized carbons (Fsp3) is 0. The van der Waals surface area contributed by atoms with E-state index in [1.54, 1.807) is 0 Å². The normalized spacial score (nSPS) is 11.4. The van der Waals surface area contributed by atoms with Gasteiger partial charge in [-0.05, 0) is 132 Å². The molecule has 0 bridgehead atoms. The number of anilines is 3. The van der Waals surface area contributed by atoms with Gasteiger partial charge < -0.3 is 9.47 Å². The predicted octanol–water partition coefficient (Wildman–Crippen LogP) is 20.6.